The molecule has 10 heteroatoms. The standard InChI is InChI=1S/C25H20N4O5S/c1-14-20(13-35-25-27-26-15(2)33-25)23(29(28-14)16-8-4-3-5-9-16)34-21-12-19(24(31)32)22(30)18-11-7-6-10-17(18)21/h3-12,30H,13H2,1-2H3,(H,31,32). The Balaban J connectivity index is 1.65. The van der Waals surface area contributed by atoms with E-state index in [0.717, 1.165) is 16.9 Å². The van der Waals surface area contributed by atoms with E-state index in [0.29, 0.717) is 33.5 Å². The summed E-state index contributed by atoms with van der Waals surface area (Å²) >= 11 is 1.35. The van der Waals surface area contributed by atoms with Crippen molar-refractivity contribution in [3.8, 4) is 23.1 Å². The molecule has 2 heterocycles. The molecule has 0 aliphatic rings. The fourth-order valence-electron chi connectivity index (χ4n) is 3.70. The third-order valence-electron chi connectivity index (χ3n) is 5.40. The molecular formula is C25H20N4O5S. The second-order valence-corrected chi connectivity index (χ2v) is 8.64. The Morgan fingerprint density at radius 1 is 1.06 bits per heavy atom. The maximum atomic E-state index is 11.8. The van der Waals surface area contributed by atoms with Gasteiger partial charge in [-0.2, -0.15) is 5.10 Å². The van der Waals surface area contributed by atoms with Crippen LogP contribution in [0.2, 0.25) is 0 Å². The number of carbonyl (C=O) groups is 1. The molecule has 0 atom stereocenters. The van der Waals surface area contributed by atoms with Gasteiger partial charge < -0.3 is 19.4 Å². The number of thioether (sulfide) groups is 1. The van der Waals surface area contributed by atoms with Crippen molar-refractivity contribution in [1.82, 2.24) is 20.0 Å². The number of hydrogen-bond acceptors (Lipinski definition) is 8. The number of aromatic carboxylic acids is 1. The number of hydrogen-bond donors (Lipinski definition) is 2. The summed E-state index contributed by atoms with van der Waals surface area (Å²) in [5, 5.41) is 34.2. The number of aryl methyl sites for hydroxylation is 2. The van der Waals surface area contributed by atoms with E-state index in [1.54, 1.807) is 35.9 Å². The first-order chi connectivity index (χ1) is 16.9. The lowest BCUT2D eigenvalue weighted by Crippen LogP contribution is -2.03. The van der Waals surface area contributed by atoms with Crippen LogP contribution < -0.4 is 4.74 Å². The highest BCUT2D eigenvalue weighted by Gasteiger charge is 2.23. The topological polar surface area (TPSA) is 124 Å². The molecule has 2 N–H and O–H groups in total. The molecule has 5 rings (SSSR count). The minimum absolute atomic E-state index is 0.251. The van der Waals surface area contributed by atoms with Crippen LogP contribution in [-0.2, 0) is 5.75 Å². The van der Waals surface area contributed by atoms with Gasteiger partial charge in [-0.25, -0.2) is 9.48 Å². The first-order valence-corrected chi connectivity index (χ1v) is 11.6. The number of phenols is 1. The second kappa shape index (κ2) is 9.15. The molecular weight excluding hydrogens is 468 g/mol. The lowest BCUT2D eigenvalue weighted by molar-refractivity contribution is 0.0693. The predicted molar refractivity (Wildman–Crippen MR) is 130 cm³/mol. The van der Waals surface area contributed by atoms with Crippen molar-refractivity contribution in [3.05, 3.63) is 83.4 Å². The van der Waals surface area contributed by atoms with Crippen LogP contribution in [0.4, 0.5) is 0 Å². The summed E-state index contributed by atoms with van der Waals surface area (Å²) in [7, 11) is 0. The molecule has 3 aromatic carbocycles. The van der Waals surface area contributed by atoms with Crippen molar-refractivity contribution < 1.29 is 24.2 Å². The highest BCUT2D eigenvalue weighted by Crippen LogP contribution is 2.41. The van der Waals surface area contributed by atoms with Crippen molar-refractivity contribution in [2.75, 3.05) is 0 Å². The zero-order chi connectivity index (χ0) is 24.5. The van der Waals surface area contributed by atoms with E-state index in [9.17, 15) is 15.0 Å². The molecule has 0 saturated heterocycles. The lowest BCUT2D eigenvalue weighted by Gasteiger charge is -2.15. The van der Waals surface area contributed by atoms with E-state index in [2.05, 4.69) is 10.2 Å². The van der Waals surface area contributed by atoms with Crippen molar-refractivity contribution in [2.24, 2.45) is 0 Å². The summed E-state index contributed by atoms with van der Waals surface area (Å²) in [5.74, 6) is 0.0382. The minimum Gasteiger partial charge on any atom is -0.506 e. The average molecular weight is 489 g/mol. The number of aromatic nitrogens is 4. The van der Waals surface area contributed by atoms with Gasteiger partial charge in [0.2, 0.25) is 11.8 Å². The summed E-state index contributed by atoms with van der Waals surface area (Å²) in [5.41, 5.74) is 2.04. The van der Waals surface area contributed by atoms with Crippen LogP contribution in [0.5, 0.6) is 17.4 Å². The van der Waals surface area contributed by atoms with E-state index in [4.69, 9.17) is 14.3 Å². The normalized spacial score (nSPS) is 11.1. The fourth-order valence-corrected chi connectivity index (χ4v) is 4.58. The number of fused-ring (bicyclic) bond motifs is 1. The van der Waals surface area contributed by atoms with Gasteiger partial charge in [-0.1, -0.05) is 54.2 Å². The molecule has 0 aliphatic heterocycles. The number of rotatable bonds is 7. The summed E-state index contributed by atoms with van der Waals surface area (Å²) in [4.78, 5) is 11.8. The Morgan fingerprint density at radius 2 is 1.77 bits per heavy atom. The van der Waals surface area contributed by atoms with Crippen LogP contribution >= 0.6 is 11.8 Å². The number of ether oxygens (including phenoxy) is 1. The Kier molecular flexibility index (Phi) is 5.87. The quantitative estimate of drug-likeness (QED) is 0.285. The van der Waals surface area contributed by atoms with Crippen LogP contribution in [0.3, 0.4) is 0 Å². The van der Waals surface area contributed by atoms with E-state index in [1.807, 2.05) is 37.3 Å². The monoisotopic (exact) mass is 488 g/mol. The number of para-hydroxylation sites is 1. The number of benzene rings is 3. The zero-order valence-electron chi connectivity index (χ0n) is 18.8. The highest BCUT2D eigenvalue weighted by atomic mass is 32.2. The Labute approximate surface area is 204 Å². The summed E-state index contributed by atoms with van der Waals surface area (Å²) < 4.78 is 13.6. The smallest absolute Gasteiger partial charge is 0.339 e. The van der Waals surface area contributed by atoms with Crippen molar-refractivity contribution >= 4 is 28.5 Å². The SMILES string of the molecule is Cc1nnc(SCc2c(C)nn(-c3ccccc3)c2Oc2cc(C(=O)O)c(O)c3ccccc23)o1. The molecule has 0 aliphatic carbocycles. The van der Waals surface area contributed by atoms with Gasteiger partial charge in [0.15, 0.2) is 0 Å². The Bertz CT molecular complexity index is 1540. The molecule has 0 saturated carbocycles. The number of aromatic hydroxyl groups is 1. The van der Waals surface area contributed by atoms with E-state index in [1.165, 1.54) is 17.8 Å². The zero-order valence-corrected chi connectivity index (χ0v) is 19.6. The van der Waals surface area contributed by atoms with Gasteiger partial charge in [0.1, 0.15) is 17.1 Å². The van der Waals surface area contributed by atoms with Gasteiger partial charge in [0.05, 0.1) is 11.4 Å². The van der Waals surface area contributed by atoms with E-state index < -0.39 is 5.97 Å². The molecule has 0 spiro atoms. The van der Waals surface area contributed by atoms with Crippen molar-refractivity contribution in [2.45, 2.75) is 24.8 Å². The molecule has 0 radical (unpaired) electrons. The van der Waals surface area contributed by atoms with Crippen LogP contribution in [0.15, 0.2) is 70.3 Å². The molecule has 5 aromatic rings. The first kappa shape index (κ1) is 22.5. The molecule has 0 fully saturated rings. The van der Waals surface area contributed by atoms with Gasteiger partial charge in [-0.15, -0.1) is 10.2 Å². The number of carboxylic acid groups (broad SMARTS) is 1. The van der Waals surface area contributed by atoms with Gasteiger partial charge in [-0.3, -0.25) is 0 Å². The van der Waals surface area contributed by atoms with Crippen molar-refractivity contribution in [1.29, 1.82) is 0 Å². The minimum atomic E-state index is -1.26. The van der Waals surface area contributed by atoms with E-state index >= 15 is 0 Å². The van der Waals surface area contributed by atoms with Crippen LogP contribution in [-0.4, -0.2) is 36.2 Å². The second-order valence-electron chi connectivity index (χ2n) is 7.72. The molecule has 0 unspecified atom stereocenters. The summed E-state index contributed by atoms with van der Waals surface area (Å²) in [6.45, 7) is 3.60. The predicted octanol–water partition coefficient (Wildman–Crippen LogP) is 5.51. The Hall–Kier alpha value is -4.31. The van der Waals surface area contributed by atoms with Crippen LogP contribution in [0.25, 0.3) is 16.5 Å². The molecule has 0 bridgehead atoms. The molecule has 0 amide bonds. The summed E-state index contributed by atoms with van der Waals surface area (Å²) in [6, 6.07) is 17.8. The van der Waals surface area contributed by atoms with Crippen LogP contribution in [0.1, 0.15) is 27.5 Å². The maximum absolute atomic E-state index is 11.8. The molecule has 2 aromatic heterocycles. The average Bonchev–Trinajstić information content (AvgIpc) is 3.42. The number of carboxylic acids is 1. The number of nitrogens with zero attached hydrogens (tertiary/aromatic N) is 4. The largest absolute Gasteiger partial charge is 0.506 e. The molecule has 35 heavy (non-hydrogen) atoms. The Morgan fingerprint density at radius 3 is 2.46 bits per heavy atom. The van der Waals surface area contributed by atoms with Gasteiger partial charge in [0, 0.05) is 29.0 Å². The van der Waals surface area contributed by atoms with E-state index in [-0.39, 0.29) is 17.1 Å². The molecule has 9 nitrogen and oxygen atoms in total. The maximum Gasteiger partial charge on any atom is 0.339 e. The summed E-state index contributed by atoms with van der Waals surface area (Å²) in [6.07, 6.45) is 0. The third kappa shape index (κ3) is 4.31. The first-order valence-electron chi connectivity index (χ1n) is 10.6. The lowest BCUT2D eigenvalue weighted by atomic mass is 10.0. The fraction of sp³-hybridized carbons (Fsp3) is 0.120. The van der Waals surface area contributed by atoms with Gasteiger partial charge in [0.25, 0.3) is 5.22 Å². The molecule has 176 valence electrons. The van der Waals surface area contributed by atoms with Crippen LogP contribution in [0, 0.1) is 13.8 Å². The van der Waals surface area contributed by atoms with Gasteiger partial charge in [-0.05, 0) is 25.1 Å². The highest BCUT2D eigenvalue weighted by molar-refractivity contribution is 7.98. The third-order valence-corrected chi connectivity index (χ3v) is 6.25. The van der Waals surface area contributed by atoms with Gasteiger partial charge >= 0.3 is 5.97 Å². The van der Waals surface area contributed by atoms with Crippen molar-refractivity contribution in [3.63, 3.8) is 0 Å².